The highest BCUT2D eigenvalue weighted by Crippen LogP contribution is 1.86. The molecule has 4 heteroatoms. The Morgan fingerprint density at radius 1 is 1.36 bits per heavy atom. The van der Waals surface area contributed by atoms with E-state index < -0.39 is 12.2 Å². The summed E-state index contributed by atoms with van der Waals surface area (Å²) in [6, 6.07) is 1.55. The van der Waals surface area contributed by atoms with Gasteiger partial charge >= 0.3 is 0 Å². The van der Waals surface area contributed by atoms with Gasteiger partial charge in [0.1, 0.15) is 6.10 Å². The number of aliphatic hydroxyl groups is 2. The Morgan fingerprint density at radius 2 is 1.91 bits per heavy atom. The van der Waals surface area contributed by atoms with E-state index in [-0.39, 0.29) is 13.2 Å². The first-order valence-electron chi connectivity index (χ1n) is 3.00. The standard InChI is InChI=1S/C7H9NO3/c1-2-6(9)4-11-5-7(10)3-8/h1,6-7,9-10H,4-5H2. The molecule has 4 nitrogen and oxygen atoms in total. The molecule has 0 aromatic heterocycles. The Morgan fingerprint density at radius 3 is 2.36 bits per heavy atom. The minimum atomic E-state index is -1.15. The van der Waals surface area contributed by atoms with Crippen molar-refractivity contribution in [3.8, 4) is 18.4 Å². The number of hydrogen-bond donors (Lipinski definition) is 2. The molecular formula is C7H9NO3. The fourth-order valence-corrected chi connectivity index (χ4v) is 0.377. The highest BCUT2D eigenvalue weighted by atomic mass is 16.5. The number of nitriles is 1. The lowest BCUT2D eigenvalue weighted by Crippen LogP contribution is -2.19. The smallest absolute Gasteiger partial charge is 0.163 e. The van der Waals surface area contributed by atoms with E-state index in [1.807, 2.05) is 5.92 Å². The zero-order chi connectivity index (χ0) is 8.69. The molecule has 0 aliphatic heterocycles. The Balaban J connectivity index is 3.30. The first-order chi connectivity index (χ1) is 5.20. The topological polar surface area (TPSA) is 73.5 Å². The molecule has 0 aliphatic carbocycles. The van der Waals surface area contributed by atoms with E-state index in [9.17, 15) is 0 Å². The number of ether oxygens (including phenoxy) is 1. The molecule has 0 saturated heterocycles. The lowest BCUT2D eigenvalue weighted by atomic mass is 10.4. The van der Waals surface area contributed by atoms with Crippen molar-refractivity contribution in [2.45, 2.75) is 12.2 Å². The molecule has 0 amide bonds. The second-order valence-electron chi connectivity index (χ2n) is 1.86. The van der Waals surface area contributed by atoms with E-state index in [4.69, 9.17) is 21.9 Å². The molecule has 0 aromatic rings. The molecule has 0 saturated carbocycles. The average molecular weight is 155 g/mol. The van der Waals surface area contributed by atoms with Gasteiger partial charge < -0.3 is 14.9 Å². The van der Waals surface area contributed by atoms with Crippen LogP contribution in [0.1, 0.15) is 0 Å². The monoisotopic (exact) mass is 155 g/mol. The molecule has 2 N–H and O–H groups in total. The maximum atomic E-state index is 8.72. The Hall–Kier alpha value is -1.07. The largest absolute Gasteiger partial charge is 0.378 e. The zero-order valence-corrected chi connectivity index (χ0v) is 5.90. The van der Waals surface area contributed by atoms with Crippen molar-refractivity contribution in [2.75, 3.05) is 13.2 Å². The number of nitrogens with zero attached hydrogens (tertiary/aromatic N) is 1. The summed E-state index contributed by atoms with van der Waals surface area (Å²) in [5.74, 6) is 2.02. The summed E-state index contributed by atoms with van der Waals surface area (Å²) in [7, 11) is 0. The summed E-state index contributed by atoms with van der Waals surface area (Å²) in [5.41, 5.74) is 0. The molecular weight excluding hydrogens is 146 g/mol. The first-order valence-corrected chi connectivity index (χ1v) is 3.00. The summed E-state index contributed by atoms with van der Waals surface area (Å²) >= 11 is 0. The van der Waals surface area contributed by atoms with Crippen LogP contribution >= 0.6 is 0 Å². The van der Waals surface area contributed by atoms with Gasteiger partial charge in [-0.3, -0.25) is 0 Å². The van der Waals surface area contributed by atoms with Crippen molar-refractivity contribution >= 4 is 0 Å². The van der Waals surface area contributed by atoms with Gasteiger partial charge in [0.2, 0.25) is 0 Å². The zero-order valence-electron chi connectivity index (χ0n) is 5.90. The lowest BCUT2D eigenvalue weighted by molar-refractivity contribution is 0.0252. The summed E-state index contributed by atoms with van der Waals surface area (Å²) < 4.78 is 4.67. The van der Waals surface area contributed by atoms with E-state index in [2.05, 4.69) is 4.74 Å². The summed E-state index contributed by atoms with van der Waals surface area (Å²) in [4.78, 5) is 0. The van der Waals surface area contributed by atoms with Crippen LogP contribution in [-0.4, -0.2) is 35.6 Å². The number of rotatable bonds is 4. The number of aliphatic hydroxyl groups excluding tert-OH is 2. The molecule has 0 rings (SSSR count). The van der Waals surface area contributed by atoms with Crippen LogP contribution < -0.4 is 0 Å². The van der Waals surface area contributed by atoms with Crippen molar-refractivity contribution in [3.05, 3.63) is 0 Å². The van der Waals surface area contributed by atoms with Gasteiger partial charge in [-0.2, -0.15) is 5.26 Å². The molecule has 0 aliphatic rings. The van der Waals surface area contributed by atoms with Gasteiger partial charge in [0.15, 0.2) is 6.10 Å². The summed E-state index contributed by atoms with van der Waals surface area (Å²) in [5, 5.41) is 25.4. The van der Waals surface area contributed by atoms with Crippen LogP contribution in [0.25, 0.3) is 0 Å². The predicted octanol–water partition coefficient (Wildman–Crippen LogP) is -1.12. The fourth-order valence-electron chi connectivity index (χ4n) is 0.377. The minimum Gasteiger partial charge on any atom is -0.378 e. The predicted molar refractivity (Wildman–Crippen MR) is 37.3 cm³/mol. The molecule has 0 fully saturated rings. The van der Waals surface area contributed by atoms with Gasteiger partial charge in [0.05, 0.1) is 19.3 Å². The quantitative estimate of drug-likeness (QED) is 0.398. The van der Waals surface area contributed by atoms with E-state index in [0.717, 1.165) is 0 Å². The van der Waals surface area contributed by atoms with E-state index in [1.165, 1.54) is 0 Å². The Labute approximate surface area is 65.0 Å². The maximum absolute atomic E-state index is 8.72. The van der Waals surface area contributed by atoms with E-state index >= 15 is 0 Å². The lowest BCUT2D eigenvalue weighted by Gasteiger charge is -2.05. The van der Waals surface area contributed by atoms with Crippen molar-refractivity contribution in [3.63, 3.8) is 0 Å². The molecule has 0 aromatic carbocycles. The molecule has 0 spiro atoms. The van der Waals surface area contributed by atoms with Crippen LogP contribution in [0.4, 0.5) is 0 Å². The van der Waals surface area contributed by atoms with Gasteiger partial charge in [0.25, 0.3) is 0 Å². The second kappa shape index (κ2) is 5.70. The van der Waals surface area contributed by atoms with Crippen molar-refractivity contribution in [1.29, 1.82) is 5.26 Å². The first kappa shape index (κ1) is 9.93. The highest BCUT2D eigenvalue weighted by molar-refractivity contribution is 4.93. The molecule has 2 atom stereocenters. The fraction of sp³-hybridized carbons (Fsp3) is 0.571. The van der Waals surface area contributed by atoms with Gasteiger partial charge in [-0.15, -0.1) is 6.42 Å². The SMILES string of the molecule is C#CC(O)COCC(O)C#N. The molecule has 2 unspecified atom stereocenters. The van der Waals surface area contributed by atoms with Crippen LogP contribution in [0.5, 0.6) is 0 Å². The van der Waals surface area contributed by atoms with Crippen molar-refractivity contribution in [1.82, 2.24) is 0 Å². The molecule has 60 valence electrons. The highest BCUT2D eigenvalue weighted by Gasteiger charge is 2.03. The van der Waals surface area contributed by atoms with E-state index in [1.54, 1.807) is 6.07 Å². The van der Waals surface area contributed by atoms with Crippen molar-refractivity contribution < 1.29 is 14.9 Å². The number of terminal acetylenes is 1. The van der Waals surface area contributed by atoms with Gasteiger partial charge in [-0.05, 0) is 0 Å². The van der Waals surface area contributed by atoms with Crippen LogP contribution in [0.2, 0.25) is 0 Å². The van der Waals surface area contributed by atoms with Crippen LogP contribution in [0.3, 0.4) is 0 Å². The maximum Gasteiger partial charge on any atom is 0.163 e. The molecule has 11 heavy (non-hydrogen) atoms. The number of hydrogen-bond acceptors (Lipinski definition) is 4. The average Bonchev–Trinajstić information content (AvgIpc) is 2.04. The van der Waals surface area contributed by atoms with Gasteiger partial charge in [-0.25, -0.2) is 0 Å². The second-order valence-corrected chi connectivity index (χ2v) is 1.86. The van der Waals surface area contributed by atoms with E-state index in [0.29, 0.717) is 0 Å². The Kier molecular flexibility index (Phi) is 5.14. The molecule has 0 radical (unpaired) electrons. The third-order valence-electron chi connectivity index (χ3n) is 0.893. The van der Waals surface area contributed by atoms with Crippen LogP contribution in [-0.2, 0) is 4.74 Å². The summed E-state index contributed by atoms with van der Waals surface area (Å²) in [6.07, 6.45) is 2.69. The minimum absolute atomic E-state index is 0.0603. The molecule has 0 heterocycles. The Bertz CT molecular complexity index is 159. The van der Waals surface area contributed by atoms with Crippen molar-refractivity contribution in [2.24, 2.45) is 0 Å². The van der Waals surface area contributed by atoms with Gasteiger partial charge in [0, 0.05) is 0 Å². The van der Waals surface area contributed by atoms with Crippen LogP contribution in [0, 0.1) is 23.7 Å². The third kappa shape index (κ3) is 5.38. The third-order valence-corrected chi connectivity index (χ3v) is 0.893. The summed E-state index contributed by atoms with van der Waals surface area (Å²) in [6.45, 7) is -0.190. The van der Waals surface area contributed by atoms with Crippen LogP contribution in [0.15, 0.2) is 0 Å². The molecule has 0 bridgehead atoms. The normalized spacial score (nSPS) is 14.5. The van der Waals surface area contributed by atoms with Gasteiger partial charge in [-0.1, -0.05) is 5.92 Å².